The Labute approximate surface area is 152 Å². The summed E-state index contributed by atoms with van der Waals surface area (Å²) in [6, 6.07) is 12.2. The van der Waals surface area contributed by atoms with Gasteiger partial charge >= 0.3 is 0 Å². The molecule has 2 aromatic carbocycles. The number of fused-ring (bicyclic) bond motifs is 2. The van der Waals surface area contributed by atoms with Crippen LogP contribution in [-0.2, 0) is 13.0 Å². The van der Waals surface area contributed by atoms with E-state index < -0.39 is 5.97 Å². The molecule has 2 N–H and O–H groups in total. The number of nitrogens with zero attached hydrogens (tertiary/aromatic N) is 1. The number of hydrogen-bond acceptors (Lipinski definition) is 4. The fourth-order valence-corrected chi connectivity index (χ4v) is 3.44. The van der Waals surface area contributed by atoms with Crippen LogP contribution in [0.5, 0.6) is 0 Å². The van der Waals surface area contributed by atoms with Crippen LogP contribution in [0.15, 0.2) is 53.5 Å². The van der Waals surface area contributed by atoms with E-state index in [1.54, 1.807) is 0 Å². The molecular formula is C19H14N3O3S-. The third-order valence-corrected chi connectivity index (χ3v) is 4.82. The molecule has 7 heteroatoms. The van der Waals surface area contributed by atoms with E-state index in [0.29, 0.717) is 23.9 Å². The molecule has 0 saturated heterocycles. The number of nitrogens with one attached hydrogen (secondary N) is 2. The number of aromatic amines is 2. The summed E-state index contributed by atoms with van der Waals surface area (Å²) >= 11 is 5.30. The lowest BCUT2D eigenvalue weighted by Gasteiger charge is -2.09. The highest BCUT2D eigenvalue weighted by atomic mass is 32.1. The molecule has 0 saturated carbocycles. The van der Waals surface area contributed by atoms with E-state index in [2.05, 4.69) is 9.97 Å². The molecule has 26 heavy (non-hydrogen) atoms. The van der Waals surface area contributed by atoms with Gasteiger partial charge in [-0.05, 0) is 48.0 Å². The van der Waals surface area contributed by atoms with Crippen LogP contribution in [0.1, 0.15) is 15.9 Å². The summed E-state index contributed by atoms with van der Waals surface area (Å²) in [5.41, 5.74) is 2.31. The van der Waals surface area contributed by atoms with E-state index in [1.807, 2.05) is 30.5 Å². The van der Waals surface area contributed by atoms with Gasteiger partial charge in [-0.25, -0.2) is 0 Å². The van der Waals surface area contributed by atoms with E-state index >= 15 is 0 Å². The molecular weight excluding hydrogens is 350 g/mol. The molecule has 6 nitrogen and oxygen atoms in total. The van der Waals surface area contributed by atoms with Gasteiger partial charge in [-0.2, -0.15) is 0 Å². The third kappa shape index (κ3) is 2.72. The fraction of sp³-hybridized carbons (Fsp3) is 0.105. The molecule has 0 amide bonds. The van der Waals surface area contributed by atoms with Gasteiger partial charge in [0.05, 0.1) is 16.9 Å². The van der Waals surface area contributed by atoms with Crippen LogP contribution in [0.3, 0.4) is 0 Å². The minimum absolute atomic E-state index is 0.000840. The molecule has 0 fully saturated rings. The number of aryl methyl sites for hydroxylation is 1. The predicted octanol–water partition coefficient (Wildman–Crippen LogP) is 2.15. The van der Waals surface area contributed by atoms with Crippen LogP contribution in [0, 0.1) is 4.77 Å². The van der Waals surface area contributed by atoms with Crippen molar-refractivity contribution in [1.82, 2.24) is 14.5 Å². The Bertz CT molecular complexity index is 1270. The van der Waals surface area contributed by atoms with E-state index in [4.69, 9.17) is 12.2 Å². The first-order valence-corrected chi connectivity index (χ1v) is 8.48. The zero-order valence-corrected chi connectivity index (χ0v) is 14.4. The number of H-pyrrole nitrogens is 2. The van der Waals surface area contributed by atoms with Crippen molar-refractivity contribution in [2.75, 3.05) is 0 Å². The van der Waals surface area contributed by atoms with Gasteiger partial charge in [-0.15, -0.1) is 0 Å². The quantitative estimate of drug-likeness (QED) is 0.543. The van der Waals surface area contributed by atoms with E-state index in [9.17, 15) is 14.7 Å². The number of carbonyl (C=O) groups excluding carboxylic acids is 1. The second-order valence-corrected chi connectivity index (χ2v) is 6.43. The molecule has 4 aromatic rings. The van der Waals surface area contributed by atoms with Gasteiger partial charge in [0.1, 0.15) is 0 Å². The lowest BCUT2D eigenvalue weighted by molar-refractivity contribution is -0.255. The smallest absolute Gasteiger partial charge is 0.262 e. The van der Waals surface area contributed by atoms with Crippen molar-refractivity contribution in [2.24, 2.45) is 0 Å². The van der Waals surface area contributed by atoms with E-state index in [0.717, 1.165) is 16.5 Å². The van der Waals surface area contributed by atoms with Gasteiger partial charge in [0.25, 0.3) is 5.56 Å². The second-order valence-electron chi connectivity index (χ2n) is 6.04. The largest absolute Gasteiger partial charge is 0.545 e. The summed E-state index contributed by atoms with van der Waals surface area (Å²) in [6.07, 6.45) is 2.58. The summed E-state index contributed by atoms with van der Waals surface area (Å²) in [5.74, 6) is -1.30. The molecule has 2 aromatic heterocycles. The highest BCUT2D eigenvalue weighted by Gasteiger charge is 2.09. The third-order valence-electron chi connectivity index (χ3n) is 4.50. The summed E-state index contributed by atoms with van der Waals surface area (Å²) in [6.45, 7) is 0.425. The summed E-state index contributed by atoms with van der Waals surface area (Å²) in [7, 11) is 0. The van der Waals surface area contributed by atoms with Crippen molar-refractivity contribution in [2.45, 2.75) is 13.0 Å². The van der Waals surface area contributed by atoms with Crippen molar-refractivity contribution < 1.29 is 9.90 Å². The molecule has 0 radical (unpaired) electrons. The number of aromatic nitrogens is 3. The lowest BCUT2D eigenvalue weighted by atomic mass is 10.1. The van der Waals surface area contributed by atoms with Crippen LogP contribution in [0.25, 0.3) is 21.8 Å². The fourth-order valence-electron chi connectivity index (χ4n) is 3.16. The average molecular weight is 364 g/mol. The number of benzene rings is 2. The highest BCUT2D eigenvalue weighted by Crippen LogP contribution is 2.18. The van der Waals surface area contributed by atoms with Gasteiger partial charge in [0.2, 0.25) is 0 Å². The van der Waals surface area contributed by atoms with Crippen LogP contribution >= 0.6 is 12.2 Å². The normalized spacial score (nSPS) is 11.2. The van der Waals surface area contributed by atoms with Crippen LogP contribution in [0.2, 0.25) is 0 Å². The Morgan fingerprint density at radius 2 is 1.92 bits per heavy atom. The van der Waals surface area contributed by atoms with Crippen LogP contribution in [0.4, 0.5) is 0 Å². The Hall–Kier alpha value is -3.19. The van der Waals surface area contributed by atoms with E-state index in [1.165, 1.54) is 22.8 Å². The number of para-hydroxylation sites is 1. The zero-order valence-electron chi connectivity index (χ0n) is 13.6. The average Bonchev–Trinajstić information content (AvgIpc) is 3.04. The number of hydrogen-bond donors (Lipinski definition) is 2. The standard InChI is InChI=1S/C19H15N3O3S/c23-17-14-6-5-11(18(24)25)9-16(14)21-19(26)22(17)8-7-12-10-20-15-4-2-1-3-13(12)15/h1-6,9-10,20H,7-8H2,(H,21,26)(H,24,25)/p-1. The minimum Gasteiger partial charge on any atom is -0.545 e. The molecule has 0 atom stereocenters. The van der Waals surface area contributed by atoms with Crippen LogP contribution in [-0.4, -0.2) is 20.5 Å². The first-order valence-electron chi connectivity index (χ1n) is 8.08. The van der Waals surface area contributed by atoms with Crippen molar-refractivity contribution in [1.29, 1.82) is 0 Å². The summed E-state index contributed by atoms with van der Waals surface area (Å²) < 4.78 is 1.76. The minimum atomic E-state index is -1.30. The molecule has 0 spiro atoms. The van der Waals surface area contributed by atoms with Crippen LogP contribution < -0.4 is 10.7 Å². The first kappa shape index (κ1) is 16.3. The number of rotatable bonds is 4. The number of carbonyl (C=O) groups is 1. The molecule has 0 aliphatic heterocycles. The van der Waals surface area contributed by atoms with E-state index in [-0.39, 0.29) is 15.9 Å². The summed E-state index contributed by atoms with van der Waals surface area (Å²) in [4.78, 5) is 29.9. The number of carboxylic acid groups (broad SMARTS) is 1. The maximum Gasteiger partial charge on any atom is 0.262 e. The van der Waals surface area contributed by atoms with Crippen molar-refractivity contribution in [3.63, 3.8) is 0 Å². The van der Waals surface area contributed by atoms with Crippen molar-refractivity contribution in [3.8, 4) is 0 Å². The number of carboxylic acids is 1. The molecule has 2 heterocycles. The zero-order chi connectivity index (χ0) is 18.3. The SMILES string of the molecule is O=C([O-])c1ccc2c(=O)n(CCc3c[nH]c4ccccc34)c(=S)[nH]c2c1. The van der Waals surface area contributed by atoms with Gasteiger partial charge in [-0.1, -0.05) is 24.3 Å². The highest BCUT2D eigenvalue weighted by molar-refractivity contribution is 7.71. The molecule has 4 rings (SSSR count). The molecule has 130 valence electrons. The summed E-state index contributed by atoms with van der Waals surface area (Å²) in [5, 5.41) is 12.5. The Morgan fingerprint density at radius 1 is 1.12 bits per heavy atom. The van der Waals surface area contributed by atoms with Gasteiger partial charge < -0.3 is 19.9 Å². The Balaban J connectivity index is 1.72. The lowest BCUT2D eigenvalue weighted by Crippen LogP contribution is -2.25. The maximum atomic E-state index is 12.8. The molecule has 0 aliphatic carbocycles. The Morgan fingerprint density at radius 3 is 2.73 bits per heavy atom. The van der Waals surface area contributed by atoms with Gasteiger partial charge in [0, 0.05) is 23.6 Å². The molecule has 0 aliphatic rings. The maximum absolute atomic E-state index is 12.8. The topological polar surface area (TPSA) is 93.7 Å². The predicted molar refractivity (Wildman–Crippen MR) is 99.7 cm³/mol. The van der Waals surface area contributed by atoms with Crippen molar-refractivity contribution >= 4 is 40.0 Å². The van der Waals surface area contributed by atoms with Gasteiger partial charge in [-0.3, -0.25) is 9.36 Å². The monoisotopic (exact) mass is 364 g/mol. The molecule has 0 bridgehead atoms. The second kappa shape index (κ2) is 6.27. The number of aromatic carboxylic acids is 1. The Kier molecular flexibility index (Phi) is 3.93. The molecule has 0 unspecified atom stereocenters. The first-order chi connectivity index (χ1) is 12.5. The van der Waals surface area contributed by atoms with Crippen molar-refractivity contribution in [3.05, 3.63) is 74.9 Å². The van der Waals surface area contributed by atoms with Gasteiger partial charge in [0.15, 0.2) is 4.77 Å².